The van der Waals surface area contributed by atoms with Crippen LogP contribution < -0.4 is 10.2 Å². The zero-order chi connectivity index (χ0) is 19.7. The molecule has 2 aromatic rings. The normalized spacial score (nSPS) is 21.3. The molecule has 1 aromatic heterocycles. The largest absolute Gasteiger partial charge is 0.312 e. The molecule has 0 unspecified atom stereocenters. The van der Waals surface area contributed by atoms with Gasteiger partial charge in [0.25, 0.3) is 0 Å². The molecule has 2 saturated heterocycles. The molecule has 28 heavy (non-hydrogen) atoms. The summed E-state index contributed by atoms with van der Waals surface area (Å²) < 4.78 is 1.92. The number of hydrogen-bond donors (Lipinski definition) is 1. The van der Waals surface area contributed by atoms with Gasteiger partial charge in [-0.05, 0) is 57.2 Å². The van der Waals surface area contributed by atoms with Crippen LogP contribution in [0.15, 0.2) is 36.5 Å². The van der Waals surface area contributed by atoms with E-state index in [1.54, 1.807) is 35.4 Å². The third kappa shape index (κ3) is 3.91. The van der Waals surface area contributed by atoms with Crippen molar-refractivity contribution in [3.05, 3.63) is 41.6 Å². The number of anilines is 2. The van der Waals surface area contributed by atoms with Crippen LogP contribution in [-0.4, -0.2) is 53.2 Å². The molecule has 0 saturated carbocycles. The van der Waals surface area contributed by atoms with Gasteiger partial charge in [-0.15, -0.1) is 0 Å². The number of benzene rings is 1. The molecule has 0 aliphatic carbocycles. The molecule has 7 nitrogen and oxygen atoms in total. The highest BCUT2D eigenvalue weighted by Gasteiger charge is 2.35. The molecule has 2 amide bonds. The summed E-state index contributed by atoms with van der Waals surface area (Å²) in [5, 5.41) is 8.03. The molecular weight excluding hydrogens is 378 g/mol. The van der Waals surface area contributed by atoms with Crippen LogP contribution in [0.4, 0.5) is 11.5 Å². The Morgan fingerprint density at radius 1 is 1.18 bits per heavy atom. The van der Waals surface area contributed by atoms with Crippen LogP contribution in [0.25, 0.3) is 0 Å². The molecule has 2 aliphatic rings. The zero-order valence-corrected chi connectivity index (χ0v) is 16.6. The first-order valence-corrected chi connectivity index (χ1v) is 9.98. The van der Waals surface area contributed by atoms with Gasteiger partial charge in [-0.2, -0.15) is 5.10 Å². The van der Waals surface area contributed by atoms with Gasteiger partial charge in [0.1, 0.15) is 5.82 Å². The number of nitrogens with zero attached hydrogens (tertiary/aromatic N) is 4. The Kier molecular flexibility index (Phi) is 5.37. The van der Waals surface area contributed by atoms with Crippen molar-refractivity contribution < 1.29 is 9.59 Å². The molecular formula is C20H24ClN5O2. The Labute approximate surface area is 169 Å². The lowest BCUT2D eigenvalue weighted by Crippen LogP contribution is -2.33. The molecule has 0 radical (unpaired) electrons. The Bertz CT molecular complexity index is 858. The first-order chi connectivity index (χ1) is 13.5. The SMILES string of the molecule is CN1CCC(n2nccc2NC(=O)[C@@H]2CC(=O)N(c3ccc(Cl)cc3)C2)CC1. The summed E-state index contributed by atoms with van der Waals surface area (Å²) in [6.45, 7) is 2.41. The fourth-order valence-electron chi connectivity index (χ4n) is 3.93. The Balaban J connectivity index is 1.42. The quantitative estimate of drug-likeness (QED) is 0.855. The van der Waals surface area contributed by atoms with Crippen molar-refractivity contribution >= 4 is 34.9 Å². The minimum atomic E-state index is -0.385. The second kappa shape index (κ2) is 7.93. The summed E-state index contributed by atoms with van der Waals surface area (Å²) in [4.78, 5) is 29.2. The van der Waals surface area contributed by atoms with Crippen molar-refractivity contribution in [1.82, 2.24) is 14.7 Å². The average Bonchev–Trinajstić information content (AvgIpc) is 3.30. The van der Waals surface area contributed by atoms with Crippen LogP contribution in [-0.2, 0) is 9.59 Å². The third-order valence-electron chi connectivity index (χ3n) is 5.59. The van der Waals surface area contributed by atoms with Gasteiger partial charge < -0.3 is 15.1 Å². The number of amides is 2. The highest BCUT2D eigenvalue weighted by atomic mass is 35.5. The lowest BCUT2D eigenvalue weighted by atomic mass is 10.1. The van der Waals surface area contributed by atoms with Crippen LogP contribution in [0.3, 0.4) is 0 Å². The van der Waals surface area contributed by atoms with Gasteiger partial charge in [0.05, 0.1) is 18.2 Å². The lowest BCUT2D eigenvalue weighted by molar-refractivity contribution is -0.122. The molecule has 8 heteroatoms. The van der Waals surface area contributed by atoms with Crippen molar-refractivity contribution in [1.29, 1.82) is 0 Å². The van der Waals surface area contributed by atoms with Crippen LogP contribution in [0.2, 0.25) is 5.02 Å². The predicted octanol–water partition coefficient (Wildman–Crippen LogP) is 2.79. The van der Waals surface area contributed by atoms with Gasteiger partial charge in [-0.25, -0.2) is 4.68 Å². The molecule has 0 spiro atoms. The average molecular weight is 402 g/mol. The van der Waals surface area contributed by atoms with Gasteiger partial charge in [0.15, 0.2) is 0 Å². The molecule has 1 N–H and O–H groups in total. The highest BCUT2D eigenvalue weighted by Crippen LogP contribution is 2.28. The van der Waals surface area contributed by atoms with Crippen LogP contribution in [0.1, 0.15) is 25.3 Å². The number of halogens is 1. The number of hydrogen-bond acceptors (Lipinski definition) is 4. The van der Waals surface area contributed by atoms with Crippen molar-refractivity contribution in [3.8, 4) is 0 Å². The Morgan fingerprint density at radius 2 is 1.89 bits per heavy atom. The minimum absolute atomic E-state index is 0.0497. The Morgan fingerprint density at radius 3 is 2.61 bits per heavy atom. The van der Waals surface area contributed by atoms with Crippen molar-refractivity contribution in [2.24, 2.45) is 5.92 Å². The molecule has 2 fully saturated rings. The highest BCUT2D eigenvalue weighted by molar-refractivity contribution is 6.30. The standard InChI is InChI=1S/C20H24ClN5O2/c1-24-10-7-17(8-11-24)26-18(6-9-22-26)23-20(28)14-12-19(27)25(13-14)16-4-2-15(21)3-5-16/h2-6,9,14,17H,7-8,10-13H2,1H3,(H,23,28)/t14-/m1/s1. The summed E-state index contributed by atoms with van der Waals surface area (Å²) >= 11 is 5.92. The number of aromatic nitrogens is 2. The second-order valence-electron chi connectivity index (χ2n) is 7.57. The molecule has 1 atom stereocenters. The molecule has 0 bridgehead atoms. The molecule has 2 aliphatic heterocycles. The van der Waals surface area contributed by atoms with E-state index in [4.69, 9.17) is 11.6 Å². The lowest BCUT2D eigenvalue weighted by Gasteiger charge is -2.30. The van der Waals surface area contributed by atoms with Gasteiger partial charge in [-0.1, -0.05) is 11.6 Å². The first-order valence-electron chi connectivity index (χ1n) is 9.60. The smallest absolute Gasteiger partial charge is 0.230 e. The molecule has 3 heterocycles. The van der Waals surface area contributed by atoms with Crippen molar-refractivity contribution in [2.45, 2.75) is 25.3 Å². The fourth-order valence-corrected chi connectivity index (χ4v) is 4.05. The first kappa shape index (κ1) is 19.0. The van der Waals surface area contributed by atoms with Crippen LogP contribution in [0.5, 0.6) is 0 Å². The van der Waals surface area contributed by atoms with E-state index in [0.29, 0.717) is 17.4 Å². The van der Waals surface area contributed by atoms with E-state index in [0.717, 1.165) is 31.6 Å². The van der Waals surface area contributed by atoms with E-state index in [1.807, 2.05) is 10.7 Å². The van der Waals surface area contributed by atoms with Gasteiger partial charge >= 0.3 is 0 Å². The number of piperidine rings is 1. The van der Waals surface area contributed by atoms with E-state index < -0.39 is 0 Å². The Hall–Kier alpha value is -2.38. The maximum absolute atomic E-state index is 12.8. The van der Waals surface area contributed by atoms with E-state index in [-0.39, 0.29) is 30.2 Å². The number of likely N-dealkylation sites (tertiary alicyclic amines) is 1. The van der Waals surface area contributed by atoms with Gasteiger partial charge in [0, 0.05) is 29.7 Å². The maximum atomic E-state index is 12.8. The van der Waals surface area contributed by atoms with E-state index in [1.165, 1.54) is 0 Å². The summed E-state index contributed by atoms with van der Waals surface area (Å²) in [5.74, 6) is 0.131. The fraction of sp³-hybridized carbons (Fsp3) is 0.450. The van der Waals surface area contributed by atoms with Crippen molar-refractivity contribution in [2.75, 3.05) is 36.9 Å². The molecule has 148 valence electrons. The number of carbonyl (C=O) groups is 2. The number of nitrogens with one attached hydrogen (secondary N) is 1. The predicted molar refractivity (Wildman–Crippen MR) is 109 cm³/mol. The summed E-state index contributed by atoms with van der Waals surface area (Å²) in [5.41, 5.74) is 0.765. The van der Waals surface area contributed by atoms with E-state index in [2.05, 4.69) is 22.4 Å². The summed E-state index contributed by atoms with van der Waals surface area (Å²) in [7, 11) is 2.12. The monoisotopic (exact) mass is 401 g/mol. The van der Waals surface area contributed by atoms with Gasteiger partial charge in [-0.3, -0.25) is 9.59 Å². The third-order valence-corrected chi connectivity index (χ3v) is 5.84. The molecule has 1 aromatic carbocycles. The van der Waals surface area contributed by atoms with Crippen molar-refractivity contribution in [3.63, 3.8) is 0 Å². The second-order valence-corrected chi connectivity index (χ2v) is 8.00. The number of rotatable bonds is 4. The molecule has 4 rings (SSSR count). The van der Waals surface area contributed by atoms with Crippen LogP contribution in [0, 0.1) is 5.92 Å². The maximum Gasteiger partial charge on any atom is 0.230 e. The summed E-state index contributed by atoms with van der Waals surface area (Å²) in [6.07, 6.45) is 3.94. The summed E-state index contributed by atoms with van der Waals surface area (Å²) in [6, 6.07) is 9.21. The van der Waals surface area contributed by atoms with E-state index >= 15 is 0 Å². The minimum Gasteiger partial charge on any atom is -0.312 e. The van der Waals surface area contributed by atoms with E-state index in [9.17, 15) is 9.59 Å². The zero-order valence-electron chi connectivity index (χ0n) is 15.8. The number of carbonyl (C=O) groups excluding carboxylic acids is 2. The van der Waals surface area contributed by atoms with Gasteiger partial charge in [0.2, 0.25) is 11.8 Å². The topological polar surface area (TPSA) is 70.5 Å². The van der Waals surface area contributed by atoms with Crippen LogP contribution >= 0.6 is 11.6 Å².